The average Bonchev–Trinajstić information content (AvgIpc) is 2.50. The molecule has 2 aliphatic rings. The Morgan fingerprint density at radius 2 is 1.67 bits per heavy atom. The molecule has 2 aliphatic carbocycles. The molecule has 2 N–H and O–H groups in total. The van der Waals surface area contributed by atoms with Gasteiger partial charge >= 0.3 is 0 Å². The summed E-state index contributed by atoms with van der Waals surface area (Å²) >= 11 is 0. The summed E-state index contributed by atoms with van der Waals surface area (Å²) in [4.78, 5) is 0. The zero-order chi connectivity index (χ0) is 10.8. The van der Waals surface area contributed by atoms with E-state index in [0.29, 0.717) is 18.2 Å². The first-order chi connectivity index (χ1) is 7.15. The van der Waals surface area contributed by atoms with Gasteiger partial charge in [-0.05, 0) is 50.4 Å². The molecule has 0 amide bonds. The van der Waals surface area contributed by atoms with Gasteiger partial charge in [-0.3, -0.25) is 0 Å². The molecule has 0 radical (unpaired) electrons. The fraction of sp³-hybridized carbons (Fsp3) is 1.00. The molecule has 4 atom stereocenters. The van der Waals surface area contributed by atoms with Crippen LogP contribution in [-0.2, 0) is 4.74 Å². The minimum atomic E-state index is 0.303. The molecule has 0 spiro atoms. The second kappa shape index (κ2) is 4.84. The van der Waals surface area contributed by atoms with Crippen molar-refractivity contribution in [2.45, 2.75) is 70.6 Å². The minimum Gasteiger partial charge on any atom is -0.373 e. The Hall–Kier alpha value is -0.0800. The molecule has 2 fully saturated rings. The van der Waals surface area contributed by atoms with Crippen molar-refractivity contribution in [3.8, 4) is 0 Å². The highest BCUT2D eigenvalue weighted by Crippen LogP contribution is 2.33. The third-order valence-electron chi connectivity index (χ3n) is 4.01. The van der Waals surface area contributed by atoms with Gasteiger partial charge in [0, 0.05) is 6.04 Å². The van der Waals surface area contributed by atoms with Gasteiger partial charge in [0.15, 0.2) is 0 Å². The summed E-state index contributed by atoms with van der Waals surface area (Å²) in [6.07, 6.45) is 8.29. The molecule has 2 saturated carbocycles. The van der Waals surface area contributed by atoms with E-state index in [0.717, 1.165) is 18.3 Å². The molecule has 0 saturated heterocycles. The molecule has 0 aliphatic heterocycles. The molecule has 88 valence electrons. The van der Waals surface area contributed by atoms with Crippen LogP contribution in [0.15, 0.2) is 0 Å². The summed E-state index contributed by atoms with van der Waals surface area (Å²) < 4.78 is 6.18. The summed E-state index contributed by atoms with van der Waals surface area (Å²) in [5.74, 6) is 1.66. The van der Waals surface area contributed by atoms with Crippen molar-refractivity contribution in [1.82, 2.24) is 0 Å². The number of hydrogen-bond acceptors (Lipinski definition) is 2. The Morgan fingerprint density at radius 1 is 1.00 bits per heavy atom. The van der Waals surface area contributed by atoms with Crippen molar-refractivity contribution in [3.63, 3.8) is 0 Å². The van der Waals surface area contributed by atoms with Crippen molar-refractivity contribution in [2.24, 2.45) is 17.6 Å². The maximum Gasteiger partial charge on any atom is 0.0729 e. The monoisotopic (exact) mass is 211 g/mol. The van der Waals surface area contributed by atoms with Gasteiger partial charge in [-0.2, -0.15) is 0 Å². The van der Waals surface area contributed by atoms with Gasteiger partial charge in [0.2, 0.25) is 0 Å². The van der Waals surface area contributed by atoms with E-state index in [9.17, 15) is 0 Å². The fourth-order valence-electron chi connectivity index (χ4n) is 3.36. The molecule has 4 unspecified atom stereocenters. The molecule has 2 nitrogen and oxygen atoms in total. The van der Waals surface area contributed by atoms with Crippen molar-refractivity contribution in [2.75, 3.05) is 0 Å². The fourth-order valence-corrected chi connectivity index (χ4v) is 3.36. The molecule has 0 aromatic carbocycles. The lowest BCUT2D eigenvalue weighted by Crippen LogP contribution is -2.37. The number of rotatable bonds is 2. The van der Waals surface area contributed by atoms with Crippen LogP contribution in [0.5, 0.6) is 0 Å². The molecule has 15 heavy (non-hydrogen) atoms. The lowest BCUT2D eigenvalue weighted by Gasteiger charge is -2.34. The van der Waals surface area contributed by atoms with E-state index in [2.05, 4.69) is 13.8 Å². The largest absolute Gasteiger partial charge is 0.373 e. The van der Waals surface area contributed by atoms with Gasteiger partial charge in [0.05, 0.1) is 12.2 Å². The van der Waals surface area contributed by atoms with E-state index < -0.39 is 0 Å². The molecule has 0 aromatic heterocycles. The minimum absolute atomic E-state index is 0.303. The molecule has 2 heteroatoms. The second-order valence-electron chi connectivity index (χ2n) is 5.81. The van der Waals surface area contributed by atoms with E-state index in [4.69, 9.17) is 10.5 Å². The molecule has 0 aromatic rings. The van der Waals surface area contributed by atoms with Crippen LogP contribution in [0.3, 0.4) is 0 Å². The summed E-state index contributed by atoms with van der Waals surface area (Å²) in [6.45, 7) is 4.70. The zero-order valence-electron chi connectivity index (χ0n) is 10.1. The van der Waals surface area contributed by atoms with E-state index in [-0.39, 0.29) is 0 Å². The van der Waals surface area contributed by atoms with Crippen LogP contribution in [0.2, 0.25) is 0 Å². The summed E-state index contributed by atoms with van der Waals surface area (Å²) in [5, 5.41) is 0. The van der Waals surface area contributed by atoms with Crippen molar-refractivity contribution in [3.05, 3.63) is 0 Å². The standard InChI is InChI=1S/C13H25NO/c1-9-6-10(2)8-11(7-9)15-13-5-3-4-12(13)14/h9-13H,3-8,14H2,1-2H3. The lowest BCUT2D eigenvalue weighted by atomic mass is 9.81. The SMILES string of the molecule is CC1CC(C)CC(OC2CCCC2N)C1. The van der Waals surface area contributed by atoms with Gasteiger partial charge in [-0.25, -0.2) is 0 Å². The summed E-state index contributed by atoms with van der Waals surface area (Å²) in [6, 6.07) is 0.303. The molecule has 0 bridgehead atoms. The molecule has 2 rings (SSSR count). The van der Waals surface area contributed by atoms with Gasteiger partial charge in [-0.1, -0.05) is 13.8 Å². The topological polar surface area (TPSA) is 35.2 Å². The Bertz CT molecular complexity index is 197. The normalized spacial score (nSPS) is 47.0. The highest BCUT2D eigenvalue weighted by Gasteiger charge is 2.31. The van der Waals surface area contributed by atoms with Crippen LogP contribution in [0, 0.1) is 11.8 Å². The first-order valence-corrected chi connectivity index (χ1v) is 6.56. The van der Waals surface area contributed by atoms with Gasteiger partial charge in [0.25, 0.3) is 0 Å². The molecular formula is C13H25NO. The Labute approximate surface area is 93.6 Å². The average molecular weight is 211 g/mol. The number of ether oxygens (including phenoxy) is 1. The van der Waals surface area contributed by atoms with Gasteiger partial charge < -0.3 is 10.5 Å². The van der Waals surface area contributed by atoms with Crippen molar-refractivity contribution in [1.29, 1.82) is 0 Å². The summed E-state index contributed by atoms with van der Waals surface area (Å²) in [5.41, 5.74) is 6.04. The Kier molecular flexibility index (Phi) is 3.68. The van der Waals surface area contributed by atoms with E-state index in [1.165, 1.54) is 32.1 Å². The van der Waals surface area contributed by atoms with E-state index in [1.54, 1.807) is 0 Å². The van der Waals surface area contributed by atoms with Crippen LogP contribution in [0.4, 0.5) is 0 Å². The quantitative estimate of drug-likeness (QED) is 0.762. The first kappa shape index (κ1) is 11.4. The van der Waals surface area contributed by atoms with Crippen molar-refractivity contribution < 1.29 is 4.74 Å². The third kappa shape index (κ3) is 2.94. The smallest absolute Gasteiger partial charge is 0.0729 e. The highest BCUT2D eigenvalue weighted by molar-refractivity contribution is 4.84. The van der Waals surface area contributed by atoms with E-state index in [1.807, 2.05) is 0 Å². The highest BCUT2D eigenvalue weighted by atomic mass is 16.5. The van der Waals surface area contributed by atoms with Crippen LogP contribution in [0.25, 0.3) is 0 Å². The number of hydrogen-bond donors (Lipinski definition) is 1. The predicted octanol–water partition coefficient (Wildman–Crippen LogP) is 2.71. The van der Waals surface area contributed by atoms with Crippen LogP contribution in [-0.4, -0.2) is 18.2 Å². The Morgan fingerprint density at radius 3 is 2.20 bits per heavy atom. The van der Waals surface area contributed by atoms with Crippen LogP contribution in [0.1, 0.15) is 52.4 Å². The van der Waals surface area contributed by atoms with Gasteiger partial charge in [0.1, 0.15) is 0 Å². The van der Waals surface area contributed by atoms with E-state index >= 15 is 0 Å². The third-order valence-corrected chi connectivity index (χ3v) is 4.01. The second-order valence-corrected chi connectivity index (χ2v) is 5.81. The lowest BCUT2D eigenvalue weighted by molar-refractivity contribution is -0.0511. The maximum absolute atomic E-state index is 6.18. The summed E-state index contributed by atoms with van der Waals surface area (Å²) in [7, 11) is 0. The van der Waals surface area contributed by atoms with Crippen LogP contribution < -0.4 is 5.73 Å². The molecular weight excluding hydrogens is 186 g/mol. The van der Waals surface area contributed by atoms with Crippen LogP contribution >= 0.6 is 0 Å². The van der Waals surface area contributed by atoms with Crippen molar-refractivity contribution >= 4 is 0 Å². The maximum atomic E-state index is 6.18. The predicted molar refractivity (Wildman–Crippen MR) is 62.7 cm³/mol. The van der Waals surface area contributed by atoms with Gasteiger partial charge in [-0.15, -0.1) is 0 Å². The number of nitrogens with two attached hydrogens (primary N) is 1. The first-order valence-electron chi connectivity index (χ1n) is 6.56. The zero-order valence-corrected chi connectivity index (χ0v) is 10.1. The molecule has 0 heterocycles. The Balaban J connectivity index is 1.83.